The summed E-state index contributed by atoms with van der Waals surface area (Å²) in [4.78, 5) is 8.81. The van der Waals surface area contributed by atoms with Gasteiger partial charge in [-0.3, -0.25) is 4.57 Å². The number of pyridine rings is 1. The highest BCUT2D eigenvalue weighted by Gasteiger charge is 2.17. The summed E-state index contributed by atoms with van der Waals surface area (Å²) in [5, 5.41) is 0. The Kier molecular flexibility index (Phi) is 2.74. The number of nitrogens with zero attached hydrogens (tertiary/aromatic N) is 3. The van der Waals surface area contributed by atoms with Crippen molar-refractivity contribution >= 4 is 17.1 Å². The average molecular weight is 256 g/mol. The van der Waals surface area contributed by atoms with Crippen molar-refractivity contribution in [1.29, 1.82) is 0 Å². The maximum absolute atomic E-state index is 6.03. The third-order valence-electron chi connectivity index (χ3n) is 3.33. The number of fused-ring (bicyclic) bond motifs is 1. The molecule has 0 bridgehead atoms. The van der Waals surface area contributed by atoms with E-state index in [4.69, 9.17) is 10.2 Å². The highest BCUT2D eigenvalue weighted by atomic mass is 16.3. The molecule has 0 aliphatic carbocycles. The van der Waals surface area contributed by atoms with E-state index in [0.717, 1.165) is 28.9 Å². The van der Waals surface area contributed by atoms with Crippen molar-refractivity contribution in [3.05, 3.63) is 42.0 Å². The number of hydrogen-bond acceptors (Lipinski definition) is 4. The minimum atomic E-state index is 0.144. The Morgan fingerprint density at radius 1 is 1.42 bits per heavy atom. The second-order valence-electron chi connectivity index (χ2n) is 4.77. The number of imidazole rings is 1. The second kappa shape index (κ2) is 4.42. The number of furan rings is 1. The van der Waals surface area contributed by atoms with Gasteiger partial charge in [0.2, 0.25) is 5.95 Å². The van der Waals surface area contributed by atoms with Crippen LogP contribution < -0.4 is 5.73 Å². The van der Waals surface area contributed by atoms with Gasteiger partial charge < -0.3 is 10.2 Å². The van der Waals surface area contributed by atoms with E-state index in [1.165, 1.54) is 0 Å². The average Bonchev–Trinajstić information content (AvgIpc) is 2.96. The highest BCUT2D eigenvalue weighted by molar-refractivity contribution is 5.77. The van der Waals surface area contributed by atoms with Crippen LogP contribution in [-0.2, 0) is 6.42 Å². The molecule has 3 aromatic heterocycles. The fraction of sp³-hybridized carbons (Fsp3) is 0.286. The standard InChI is InChI=1S/C14H16N4O/c1-9-5-6-16-13-12(9)17-14(15)18(13)10(2)8-11-4-3-7-19-11/h3-7,10H,8H2,1-2H3,(H2,15,17). The summed E-state index contributed by atoms with van der Waals surface area (Å²) < 4.78 is 7.35. The summed E-state index contributed by atoms with van der Waals surface area (Å²) in [5.74, 6) is 1.43. The fourth-order valence-electron chi connectivity index (χ4n) is 2.37. The minimum absolute atomic E-state index is 0.144. The summed E-state index contributed by atoms with van der Waals surface area (Å²) >= 11 is 0. The van der Waals surface area contributed by atoms with E-state index in [-0.39, 0.29) is 6.04 Å². The number of aryl methyl sites for hydroxylation is 1. The quantitative estimate of drug-likeness (QED) is 0.782. The number of hydrogen-bond donors (Lipinski definition) is 1. The molecule has 2 N–H and O–H groups in total. The van der Waals surface area contributed by atoms with Gasteiger partial charge in [-0.15, -0.1) is 0 Å². The first kappa shape index (κ1) is 11.8. The molecule has 0 saturated carbocycles. The molecule has 1 unspecified atom stereocenters. The number of nitrogens with two attached hydrogens (primary N) is 1. The molecule has 0 amide bonds. The lowest BCUT2D eigenvalue weighted by Crippen LogP contribution is -2.11. The summed E-state index contributed by atoms with van der Waals surface area (Å²) in [6.07, 6.45) is 4.23. The van der Waals surface area contributed by atoms with Gasteiger partial charge in [0, 0.05) is 18.7 Å². The minimum Gasteiger partial charge on any atom is -0.469 e. The Hall–Kier alpha value is -2.30. The topological polar surface area (TPSA) is 69.9 Å². The third-order valence-corrected chi connectivity index (χ3v) is 3.33. The molecule has 1 atom stereocenters. The maximum atomic E-state index is 6.03. The van der Waals surface area contributed by atoms with Crippen LogP contribution in [0.25, 0.3) is 11.2 Å². The zero-order valence-corrected chi connectivity index (χ0v) is 11.0. The second-order valence-corrected chi connectivity index (χ2v) is 4.77. The first-order valence-electron chi connectivity index (χ1n) is 6.28. The van der Waals surface area contributed by atoms with Gasteiger partial charge in [0.25, 0.3) is 0 Å². The van der Waals surface area contributed by atoms with Crippen molar-refractivity contribution in [3.8, 4) is 0 Å². The van der Waals surface area contributed by atoms with Crippen molar-refractivity contribution in [2.45, 2.75) is 26.3 Å². The van der Waals surface area contributed by atoms with E-state index >= 15 is 0 Å². The Labute approximate surface area is 111 Å². The van der Waals surface area contributed by atoms with Crippen LogP contribution in [0.15, 0.2) is 35.1 Å². The lowest BCUT2D eigenvalue weighted by molar-refractivity contribution is 0.455. The Bertz CT molecular complexity index is 700. The van der Waals surface area contributed by atoms with Gasteiger partial charge in [-0.2, -0.15) is 0 Å². The van der Waals surface area contributed by atoms with E-state index in [1.807, 2.05) is 29.7 Å². The summed E-state index contributed by atoms with van der Waals surface area (Å²) in [7, 11) is 0. The normalized spacial score (nSPS) is 12.9. The third kappa shape index (κ3) is 1.97. The summed E-state index contributed by atoms with van der Waals surface area (Å²) in [5.41, 5.74) is 8.81. The SMILES string of the molecule is Cc1ccnc2c1nc(N)n2C(C)Cc1ccco1. The molecule has 0 spiro atoms. The Morgan fingerprint density at radius 2 is 2.26 bits per heavy atom. The van der Waals surface area contributed by atoms with Gasteiger partial charge in [0.1, 0.15) is 11.3 Å². The molecule has 0 fully saturated rings. The number of aromatic nitrogens is 3. The summed E-state index contributed by atoms with van der Waals surface area (Å²) in [6, 6.07) is 5.94. The number of nitrogen functional groups attached to an aromatic ring is 1. The molecule has 0 radical (unpaired) electrons. The predicted octanol–water partition coefficient (Wildman–Crippen LogP) is 2.72. The van der Waals surface area contributed by atoms with E-state index in [2.05, 4.69) is 16.9 Å². The van der Waals surface area contributed by atoms with E-state index in [0.29, 0.717) is 5.95 Å². The van der Waals surface area contributed by atoms with Gasteiger partial charge in [0.15, 0.2) is 5.65 Å². The molecule has 0 aliphatic heterocycles. The van der Waals surface area contributed by atoms with Crippen LogP contribution in [0.5, 0.6) is 0 Å². The van der Waals surface area contributed by atoms with Crippen LogP contribution >= 0.6 is 0 Å². The van der Waals surface area contributed by atoms with Crippen LogP contribution in [0, 0.1) is 6.92 Å². The van der Waals surface area contributed by atoms with E-state index in [1.54, 1.807) is 12.5 Å². The molecule has 98 valence electrons. The lowest BCUT2D eigenvalue weighted by atomic mass is 10.2. The largest absolute Gasteiger partial charge is 0.469 e. The molecular formula is C14H16N4O. The van der Waals surface area contributed by atoms with Gasteiger partial charge in [0.05, 0.1) is 6.26 Å². The maximum Gasteiger partial charge on any atom is 0.202 e. The van der Waals surface area contributed by atoms with Crippen LogP contribution in [0.1, 0.15) is 24.3 Å². The van der Waals surface area contributed by atoms with Crippen LogP contribution in [0.4, 0.5) is 5.95 Å². The molecule has 0 aromatic carbocycles. The van der Waals surface area contributed by atoms with E-state index < -0.39 is 0 Å². The zero-order chi connectivity index (χ0) is 13.4. The van der Waals surface area contributed by atoms with Crippen molar-refractivity contribution in [2.75, 3.05) is 5.73 Å². The molecule has 3 heterocycles. The van der Waals surface area contributed by atoms with Gasteiger partial charge >= 0.3 is 0 Å². The first-order valence-corrected chi connectivity index (χ1v) is 6.28. The summed E-state index contributed by atoms with van der Waals surface area (Å²) in [6.45, 7) is 4.10. The molecule has 3 aromatic rings. The number of anilines is 1. The molecule has 3 rings (SSSR count). The van der Waals surface area contributed by atoms with Crippen molar-refractivity contribution in [3.63, 3.8) is 0 Å². The van der Waals surface area contributed by atoms with Crippen LogP contribution in [0.3, 0.4) is 0 Å². The predicted molar refractivity (Wildman–Crippen MR) is 73.8 cm³/mol. The zero-order valence-electron chi connectivity index (χ0n) is 11.0. The molecule has 0 aliphatic rings. The monoisotopic (exact) mass is 256 g/mol. The van der Waals surface area contributed by atoms with Crippen molar-refractivity contribution in [1.82, 2.24) is 14.5 Å². The van der Waals surface area contributed by atoms with Crippen LogP contribution in [0.2, 0.25) is 0 Å². The van der Waals surface area contributed by atoms with Gasteiger partial charge in [-0.25, -0.2) is 9.97 Å². The van der Waals surface area contributed by atoms with Crippen molar-refractivity contribution < 1.29 is 4.42 Å². The molecular weight excluding hydrogens is 240 g/mol. The van der Waals surface area contributed by atoms with Crippen molar-refractivity contribution in [2.24, 2.45) is 0 Å². The fourth-order valence-corrected chi connectivity index (χ4v) is 2.37. The van der Waals surface area contributed by atoms with Crippen LogP contribution in [-0.4, -0.2) is 14.5 Å². The first-order chi connectivity index (χ1) is 9.16. The smallest absolute Gasteiger partial charge is 0.202 e. The number of rotatable bonds is 3. The molecule has 5 heteroatoms. The Morgan fingerprint density at radius 3 is 3.00 bits per heavy atom. The Balaban J connectivity index is 2.04. The van der Waals surface area contributed by atoms with Gasteiger partial charge in [-0.1, -0.05) is 0 Å². The van der Waals surface area contributed by atoms with Gasteiger partial charge in [-0.05, 0) is 37.6 Å². The molecule has 5 nitrogen and oxygen atoms in total. The highest BCUT2D eigenvalue weighted by Crippen LogP contribution is 2.25. The van der Waals surface area contributed by atoms with E-state index in [9.17, 15) is 0 Å². The molecule has 19 heavy (non-hydrogen) atoms. The molecule has 0 saturated heterocycles. The lowest BCUT2D eigenvalue weighted by Gasteiger charge is -2.14.